The maximum absolute atomic E-state index is 5.90. The van der Waals surface area contributed by atoms with Gasteiger partial charge in [-0.1, -0.05) is 6.07 Å². The van der Waals surface area contributed by atoms with Crippen LogP contribution in [-0.4, -0.2) is 29.4 Å². The number of thiophene rings is 1. The molecule has 0 saturated heterocycles. The van der Waals surface area contributed by atoms with Crippen LogP contribution in [0.5, 0.6) is 5.75 Å². The fourth-order valence-electron chi connectivity index (χ4n) is 2.32. The highest BCUT2D eigenvalue weighted by molar-refractivity contribution is 7.09. The van der Waals surface area contributed by atoms with Crippen LogP contribution in [0.25, 0.3) is 5.69 Å². The van der Waals surface area contributed by atoms with E-state index in [-0.39, 0.29) is 0 Å². The summed E-state index contributed by atoms with van der Waals surface area (Å²) in [5, 5.41) is 9.72. The van der Waals surface area contributed by atoms with Gasteiger partial charge in [0.1, 0.15) is 5.75 Å². The smallest absolute Gasteiger partial charge is 0.188 e. The summed E-state index contributed by atoms with van der Waals surface area (Å²) in [7, 11) is 1.65. The second kappa shape index (κ2) is 8.34. The first-order valence-corrected chi connectivity index (χ1v) is 8.88. The molecule has 0 aliphatic carbocycles. The molecule has 0 saturated carbocycles. The molecule has 0 fully saturated rings. The normalized spacial score (nSPS) is 11.5. The number of aromatic nitrogens is 2. The molecule has 6 nitrogen and oxygen atoms in total. The molecule has 25 heavy (non-hydrogen) atoms. The van der Waals surface area contributed by atoms with Gasteiger partial charge in [-0.05, 0) is 48.2 Å². The predicted octanol–water partition coefficient (Wildman–Crippen LogP) is 2.59. The van der Waals surface area contributed by atoms with Gasteiger partial charge in [-0.25, -0.2) is 9.67 Å². The van der Waals surface area contributed by atoms with Crippen molar-refractivity contribution in [2.75, 3.05) is 13.7 Å². The summed E-state index contributed by atoms with van der Waals surface area (Å²) in [6, 6.07) is 13.8. The summed E-state index contributed by atoms with van der Waals surface area (Å²) in [4.78, 5) is 5.67. The molecular weight excluding hydrogens is 334 g/mol. The van der Waals surface area contributed by atoms with Crippen molar-refractivity contribution >= 4 is 17.3 Å². The fraction of sp³-hybridized carbons (Fsp3) is 0.222. The molecule has 130 valence electrons. The van der Waals surface area contributed by atoms with Crippen molar-refractivity contribution in [3.63, 3.8) is 0 Å². The Balaban J connectivity index is 1.51. The summed E-state index contributed by atoms with van der Waals surface area (Å²) in [5.41, 5.74) is 7.74. The highest BCUT2D eigenvalue weighted by Crippen LogP contribution is 2.14. The van der Waals surface area contributed by atoms with Crippen LogP contribution in [0, 0.1) is 0 Å². The van der Waals surface area contributed by atoms with Crippen molar-refractivity contribution in [1.29, 1.82) is 0 Å². The molecule has 0 aliphatic heterocycles. The zero-order chi connectivity index (χ0) is 17.5. The standard InChI is InChI=1S/C18H21N5OS/c1-24-16-6-4-15(5-7-16)23-11-9-14(22-23)13-21-18(19)20-10-8-17-3-2-12-25-17/h2-7,9,11-12H,8,10,13H2,1H3,(H3,19,20,21). The molecule has 0 unspecified atom stereocenters. The van der Waals surface area contributed by atoms with Gasteiger partial charge >= 0.3 is 0 Å². The molecule has 2 aromatic heterocycles. The topological polar surface area (TPSA) is 77.5 Å². The molecule has 0 bridgehead atoms. The molecule has 3 aromatic rings. The van der Waals surface area contributed by atoms with Gasteiger partial charge in [0.2, 0.25) is 0 Å². The van der Waals surface area contributed by atoms with E-state index in [0.29, 0.717) is 12.5 Å². The number of guanidine groups is 1. The highest BCUT2D eigenvalue weighted by atomic mass is 32.1. The van der Waals surface area contributed by atoms with Crippen LogP contribution < -0.4 is 15.8 Å². The number of hydrogen-bond acceptors (Lipinski definition) is 4. The number of nitrogens with two attached hydrogens (primary N) is 1. The number of rotatable bonds is 7. The van der Waals surface area contributed by atoms with Crippen molar-refractivity contribution < 1.29 is 4.74 Å². The van der Waals surface area contributed by atoms with Gasteiger partial charge in [0.25, 0.3) is 0 Å². The second-order valence-electron chi connectivity index (χ2n) is 5.41. The van der Waals surface area contributed by atoms with Gasteiger partial charge in [-0.2, -0.15) is 5.10 Å². The quantitative estimate of drug-likeness (QED) is 0.504. The lowest BCUT2D eigenvalue weighted by Gasteiger charge is -2.04. The lowest BCUT2D eigenvalue weighted by molar-refractivity contribution is 0.414. The van der Waals surface area contributed by atoms with E-state index in [1.165, 1.54) is 4.88 Å². The minimum Gasteiger partial charge on any atom is -0.497 e. The van der Waals surface area contributed by atoms with Gasteiger partial charge in [0, 0.05) is 17.6 Å². The van der Waals surface area contributed by atoms with E-state index in [9.17, 15) is 0 Å². The zero-order valence-electron chi connectivity index (χ0n) is 14.1. The van der Waals surface area contributed by atoms with E-state index in [4.69, 9.17) is 10.5 Å². The van der Waals surface area contributed by atoms with Crippen molar-refractivity contribution in [3.8, 4) is 11.4 Å². The molecule has 0 spiro atoms. The highest BCUT2D eigenvalue weighted by Gasteiger charge is 2.02. The number of aliphatic imine (C=N–C) groups is 1. The molecule has 3 rings (SSSR count). The van der Waals surface area contributed by atoms with E-state index in [2.05, 4.69) is 32.9 Å². The number of methoxy groups -OCH3 is 1. The Bertz CT molecular complexity index is 808. The maximum Gasteiger partial charge on any atom is 0.188 e. The van der Waals surface area contributed by atoms with Crippen molar-refractivity contribution in [2.24, 2.45) is 10.7 Å². The molecule has 0 amide bonds. The average molecular weight is 355 g/mol. The van der Waals surface area contributed by atoms with Crippen LogP contribution in [0.2, 0.25) is 0 Å². The second-order valence-corrected chi connectivity index (χ2v) is 6.44. The van der Waals surface area contributed by atoms with Gasteiger partial charge < -0.3 is 15.8 Å². The van der Waals surface area contributed by atoms with Crippen molar-refractivity contribution in [2.45, 2.75) is 13.0 Å². The summed E-state index contributed by atoms with van der Waals surface area (Å²) in [6.45, 7) is 1.22. The SMILES string of the molecule is COc1ccc(-n2ccc(CN=C(N)NCCc3cccs3)n2)cc1. The van der Waals surface area contributed by atoms with Crippen LogP contribution in [0.15, 0.2) is 59.0 Å². The molecule has 2 heterocycles. The first-order chi connectivity index (χ1) is 12.2. The Kier molecular flexibility index (Phi) is 5.69. The summed E-state index contributed by atoms with van der Waals surface area (Å²) < 4.78 is 6.97. The summed E-state index contributed by atoms with van der Waals surface area (Å²) in [5.74, 6) is 1.26. The number of benzene rings is 1. The van der Waals surface area contributed by atoms with Crippen molar-refractivity contribution in [3.05, 3.63) is 64.6 Å². The Hall–Kier alpha value is -2.80. The molecule has 0 aliphatic rings. The zero-order valence-corrected chi connectivity index (χ0v) is 14.9. The Labute approximate surface area is 151 Å². The predicted molar refractivity (Wildman–Crippen MR) is 101 cm³/mol. The van der Waals surface area contributed by atoms with Gasteiger partial charge in [-0.3, -0.25) is 0 Å². The van der Waals surface area contributed by atoms with Crippen LogP contribution in [0.4, 0.5) is 0 Å². The molecule has 0 radical (unpaired) electrons. The first-order valence-electron chi connectivity index (χ1n) is 8.00. The molecular formula is C18H21N5OS. The number of nitrogens with zero attached hydrogens (tertiary/aromatic N) is 3. The fourth-order valence-corrected chi connectivity index (χ4v) is 3.02. The van der Waals surface area contributed by atoms with E-state index < -0.39 is 0 Å². The Morgan fingerprint density at radius 1 is 1.28 bits per heavy atom. The molecule has 7 heteroatoms. The van der Waals surface area contributed by atoms with Crippen LogP contribution in [0.3, 0.4) is 0 Å². The lowest BCUT2D eigenvalue weighted by atomic mass is 10.3. The number of hydrogen-bond donors (Lipinski definition) is 2. The van der Waals surface area contributed by atoms with Gasteiger partial charge in [0.15, 0.2) is 5.96 Å². The maximum atomic E-state index is 5.90. The van der Waals surface area contributed by atoms with Crippen LogP contribution >= 0.6 is 11.3 Å². The average Bonchev–Trinajstić information content (AvgIpc) is 3.32. The number of nitrogens with one attached hydrogen (secondary N) is 1. The Morgan fingerprint density at radius 3 is 2.84 bits per heavy atom. The number of ether oxygens (including phenoxy) is 1. The van der Waals surface area contributed by atoms with Crippen LogP contribution in [-0.2, 0) is 13.0 Å². The summed E-state index contributed by atoms with van der Waals surface area (Å²) >= 11 is 1.75. The van der Waals surface area contributed by atoms with E-state index in [1.54, 1.807) is 18.4 Å². The third-order valence-electron chi connectivity index (χ3n) is 3.65. The minimum absolute atomic E-state index is 0.440. The van der Waals surface area contributed by atoms with Gasteiger partial charge in [0.05, 0.1) is 25.0 Å². The Morgan fingerprint density at radius 2 is 2.12 bits per heavy atom. The van der Waals surface area contributed by atoms with E-state index in [0.717, 1.165) is 30.1 Å². The molecule has 3 N–H and O–H groups in total. The third kappa shape index (κ3) is 4.84. The van der Waals surface area contributed by atoms with Crippen molar-refractivity contribution in [1.82, 2.24) is 15.1 Å². The van der Waals surface area contributed by atoms with Gasteiger partial charge in [-0.15, -0.1) is 11.3 Å². The molecule has 1 aromatic carbocycles. The van der Waals surface area contributed by atoms with Crippen LogP contribution in [0.1, 0.15) is 10.6 Å². The summed E-state index contributed by atoms with van der Waals surface area (Å²) in [6.07, 6.45) is 2.85. The third-order valence-corrected chi connectivity index (χ3v) is 4.59. The largest absolute Gasteiger partial charge is 0.497 e. The van der Waals surface area contributed by atoms with E-state index >= 15 is 0 Å². The lowest BCUT2D eigenvalue weighted by Crippen LogP contribution is -2.33. The minimum atomic E-state index is 0.440. The first kappa shape index (κ1) is 17.0. The van der Waals surface area contributed by atoms with E-state index in [1.807, 2.05) is 41.2 Å². The monoisotopic (exact) mass is 355 g/mol. The molecule has 0 atom stereocenters.